The van der Waals surface area contributed by atoms with Crippen molar-refractivity contribution in [3.05, 3.63) is 64.4 Å². The van der Waals surface area contributed by atoms with Gasteiger partial charge >= 0.3 is 0 Å². The van der Waals surface area contributed by atoms with Crippen LogP contribution in [0.25, 0.3) is 15.5 Å². The molecule has 0 fully saturated rings. The highest BCUT2D eigenvalue weighted by Gasteiger charge is 2.12. The first-order valence-electron chi connectivity index (χ1n) is 7.87. The molecule has 1 atom stereocenters. The minimum atomic E-state index is 0.209. The monoisotopic (exact) mass is 354 g/mol. The van der Waals surface area contributed by atoms with E-state index in [0.717, 1.165) is 22.2 Å². The second-order valence-electron chi connectivity index (χ2n) is 5.81. The highest BCUT2D eigenvalue weighted by atomic mass is 32.1. The van der Waals surface area contributed by atoms with E-state index in [-0.39, 0.29) is 6.04 Å². The van der Waals surface area contributed by atoms with Crippen LogP contribution in [-0.2, 0) is 6.54 Å². The number of aryl methyl sites for hydroxylation is 1. The van der Waals surface area contributed by atoms with Crippen LogP contribution in [0.3, 0.4) is 0 Å². The minimum Gasteiger partial charge on any atom is -0.304 e. The van der Waals surface area contributed by atoms with E-state index in [9.17, 15) is 0 Å². The summed E-state index contributed by atoms with van der Waals surface area (Å²) in [5, 5.41) is 6.68. The smallest absolute Gasteiger partial charge is 0.193 e. The van der Waals surface area contributed by atoms with E-state index in [1.807, 2.05) is 12.4 Å². The first-order valence-corrected chi connectivity index (χ1v) is 9.56. The van der Waals surface area contributed by atoms with Gasteiger partial charge in [-0.3, -0.25) is 4.40 Å². The van der Waals surface area contributed by atoms with Crippen molar-refractivity contribution in [2.75, 3.05) is 0 Å². The van der Waals surface area contributed by atoms with E-state index in [1.165, 1.54) is 16.0 Å². The van der Waals surface area contributed by atoms with Gasteiger partial charge < -0.3 is 5.32 Å². The number of benzene rings is 1. The third kappa shape index (κ3) is 3.00. The van der Waals surface area contributed by atoms with E-state index in [2.05, 4.69) is 69.4 Å². The Kier molecular flexibility index (Phi) is 4.18. The lowest BCUT2D eigenvalue weighted by Crippen LogP contribution is -2.17. The van der Waals surface area contributed by atoms with Gasteiger partial charge in [-0.15, -0.1) is 22.7 Å². The van der Waals surface area contributed by atoms with Gasteiger partial charge in [0.1, 0.15) is 5.01 Å². The summed E-state index contributed by atoms with van der Waals surface area (Å²) in [5.41, 5.74) is 3.56. The fraction of sp³-hybridized carbons (Fsp3) is 0.222. The van der Waals surface area contributed by atoms with Crippen LogP contribution in [0.1, 0.15) is 29.1 Å². The predicted octanol–water partition coefficient (Wildman–Crippen LogP) is 4.68. The minimum absolute atomic E-state index is 0.209. The summed E-state index contributed by atoms with van der Waals surface area (Å²) in [7, 11) is 0. The number of nitrogens with one attached hydrogen (secondary N) is 1. The van der Waals surface area contributed by atoms with Crippen LogP contribution in [-0.4, -0.2) is 14.4 Å². The Morgan fingerprint density at radius 2 is 2.17 bits per heavy atom. The van der Waals surface area contributed by atoms with E-state index < -0.39 is 0 Å². The van der Waals surface area contributed by atoms with Crippen LogP contribution in [0.15, 0.2) is 48.2 Å². The van der Waals surface area contributed by atoms with Gasteiger partial charge in [-0.25, -0.2) is 9.97 Å². The molecule has 3 aromatic heterocycles. The van der Waals surface area contributed by atoms with Crippen LogP contribution < -0.4 is 5.32 Å². The highest BCUT2D eigenvalue weighted by molar-refractivity contribution is 7.15. The van der Waals surface area contributed by atoms with E-state index in [1.54, 1.807) is 22.7 Å². The molecule has 0 unspecified atom stereocenters. The van der Waals surface area contributed by atoms with Crippen LogP contribution in [0.2, 0.25) is 0 Å². The molecule has 0 radical (unpaired) electrons. The van der Waals surface area contributed by atoms with Crippen LogP contribution >= 0.6 is 22.7 Å². The van der Waals surface area contributed by atoms with Crippen molar-refractivity contribution < 1.29 is 0 Å². The Morgan fingerprint density at radius 3 is 3.00 bits per heavy atom. The van der Waals surface area contributed by atoms with Crippen molar-refractivity contribution in [2.45, 2.75) is 26.4 Å². The van der Waals surface area contributed by atoms with E-state index >= 15 is 0 Å². The second-order valence-corrected chi connectivity index (χ2v) is 7.80. The predicted molar refractivity (Wildman–Crippen MR) is 101 cm³/mol. The Bertz CT molecular complexity index is 938. The lowest BCUT2D eigenvalue weighted by atomic mass is 10.1. The molecule has 1 aromatic carbocycles. The van der Waals surface area contributed by atoms with E-state index in [0.29, 0.717) is 0 Å². The molecule has 3 heterocycles. The molecule has 0 saturated carbocycles. The average molecular weight is 355 g/mol. The summed E-state index contributed by atoms with van der Waals surface area (Å²) >= 11 is 3.41. The summed E-state index contributed by atoms with van der Waals surface area (Å²) in [6.07, 6.45) is 6.10. The third-order valence-electron chi connectivity index (χ3n) is 4.07. The summed E-state index contributed by atoms with van der Waals surface area (Å²) < 4.78 is 2.07. The molecule has 0 saturated heterocycles. The zero-order chi connectivity index (χ0) is 16.5. The molecule has 4 aromatic rings. The maximum Gasteiger partial charge on any atom is 0.193 e. The first-order chi connectivity index (χ1) is 11.7. The molecule has 4 nitrogen and oxygen atoms in total. The van der Waals surface area contributed by atoms with Crippen molar-refractivity contribution in [3.63, 3.8) is 0 Å². The van der Waals surface area contributed by atoms with Crippen LogP contribution in [0.5, 0.6) is 0 Å². The molecular formula is C18H18N4S2. The van der Waals surface area contributed by atoms with Gasteiger partial charge in [-0.05, 0) is 19.4 Å². The number of hydrogen-bond donors (Lipinski definition) is 1. The van der Waals surface area contributed by atoms with Crippen LogP contribution in [0.4, 0.5) is 0 Å². The fourth-order valence-electron chi connectivity index (χ4n) is 2.64. The number of aromatic nitrogens is 3. The van der Waals surface area contributed by atoms with Gasteiger partial charge in [0, 0.05) is 47.0 Å². The zero-order valence-corrected chi connectivity index (χ0v) is 15.2. The molecular weight excluding hydrogens is 336 g/mol. The van der Waals surface area contributed by atoms with Crippen molar-refractivity contribution in [1.82, 2.24) is 19.7 Å². The molecule has 0 aliphatic heterocycles. The molecule has 1 N–H and O–H groups in total. The van der Waals surface area contributed by atoms with Crippen molar-refractivity contribution in [2.24, 2.45) is 0 Å². The molecule has 0 amide bonds. The van der Waals surface area contributed by atoms with Crippen molar-refractivity contribution in [1.29, 1.82) is 0 Å². The molecule has 6 heteroatoms. The Hall–Kier alpha value is -2.02. The summed E-state index contributed by atoms with van der Waals surface area (Å²) in [5.74, 6) is 0. The largest absolute Gasteiger partial charge is 0.304 e. The topological polar surface area (TPSA) is 42.2 Å². The lowest BCUT2D eigenvalue weighted by Gasteiger charge is -2.09. The zero-order valence-electron chi connectivity index (χ0n) is 13.6. The maximum absolute atomic E-state index is 4.66. The van der Waals surface area contributed by atoms with Crippen molar-refractivity contribution >= 4 is 27.6 Å². The Balaban J connectivity index is 1.44. The second kappa shape index (κ2) is 6.47. The molecule has 0 bridgehead atoms. The quantitative estimate of drug-likeness (QED) is 0.566. The van der Waals surface area contributed by atoms with Crippen LogP contribution in [0, 0.1) is 6.92 Å². The number of imidazole rings is 1. The molecule has 0 spiro atoms. The van der Waals surface area contributed by atoms with Gasteiger partial charge in [0.05, 0.1) is 5.69 Å². The standard InChI is InChI=1S/C18H18N4S2/c1-12-5-3-4-6-15(12)17-20-10-14(24-17)9-19-13(2)16-11-22-7-8-23-18(22)21-16/h3-8,10-11,13,19H,9H2,1-2H3/t13-/m1/s1. The molecule has 0 aliphatic carbocycles. The third-order valence-corrected chi connectivity index (χ3v) is 5.87. The SMILES string of the molecule is Cc1ccccc1-c1ncc(CN[C@H](C)c2cn3ccsc3n2)s1. The summed E-state index contributed by atoms with van der Waals surface area (Å²) in [4.78, 5) is 11.5. The highest BCUT2D eigenvalue weighted by Crippen LogP contribution is 2.28. The molecule has 4 rings (SSSR count). The van der Waals surface area contributed by atoms with Gasteiger partial charge in [-0.1, -0.05) is 24.3 Å². The van der Waals surface area contributed by atoms with Gasteiger partial charge in [0.15, 0.2) is 4.96 Å². The van der Waals surface area contributed by atoms with Gasteiger partial charge in [-0.2, -0.15) is 0 Å². The Labute approximate surface area is 148 Å². The maximum atomic E-state index is 4.66. The first kappa shape index (κ1) is 15.5. The molecule has 122 valence electrons. The number of nitrogens with zero attached hydrogens (tertiary/aromatic N) is 3. The van der Waals surface area contributed by atoms with Gasteiger partial charge in [0.2, 0.25) is 0 Å². The number of rotatable bonds is 5. The lowest BCUT2D eigenvalue weighted by molar-refractivity contribution is 0.567. The van der Waals surface area contributed by atoms with Gasteiger partial charge in [0.25, 0.3) is 0 Å². The molecule has 0 aliphatic rings. The summed E-state index contributed by atoms with van der Waals surface area (Å²) in [6.45, 7) is 5.08. The number of hydrogen-bond acceptors (Lipinski definition) is 5. The average Bonchev–Trinajstić information content (AvgIpc) is 3.28. The number of thiazole rings is 2. The summed E-state index contributed by atoms with van der Waals surface area (Å²) in [6, 6.07) is 8.59. The van der Waals surface area contributed by atoms with E-state index in [4.69, 9.17) is 0 Å². The number of fused-ring (bicyclic) bond motifs is 1. The van der Waals surface area contributed by atoms with Crippen molar-refractivity contribution in [3.8, 4) is 10.6 Å². The Morgan fingerprint density at radius 1 is 1.29 bits per heavy atom. The normalized spacial score (nSPS) is 12.8. The molecule has 24 heavy (non-hydrogen) atoms. The fourth-order valence-corrected chi connectivity index (χ4v) is 4.30.